The number of nitrogens with two attached hydrogens (primary N) is 1. The molecule has 0 spiro atoms. The highest BCUT2D eigenvalue weighted by Crippen LogP contribution is 2.50. The first-order valence-corrected chi connectivity index (χ1v) is 7.98. The van der Waals surface area contributed by atoms with Crippen LogP contribution in [0.5, 0.6) is 0 Å². The number of fused-ring (bicyclic) bond motifs is 1. The van der Waals surface area contributed by atoms with E-state index in [2.05, 4.69) is 29.9 Å². The SMILES string of the molecule is CC(C)CC1(C(N)c2ccc3[nH]c(=O)[nH]c3c2)CCCC1. The first kappa shape index (κ1) is 14.4. The molecule has 0 radical (unpaired) electrons. The Kier molecular flexibility index (Phi) is 3.66. The molecule has 1 saturated carbocycles. The van der Waals surface area contributed by atoms with Crippen LogP contribution in [-0.4, -0.2) is 9.97 Å². The summed E-state index contributed by atoms with van der Waals surface area (Å²) in [5.74, 6) is 0.657. The average molecular weight is 287 g/mol. The van der Waals surface area contributed by atoms with Gasteiger partial charge in [-0.1, -0.05) is 32.8 Å². The van der Waals surface area contributed by atoms with Gasteiger partial charge in [0, 0.05) is 6.04 Å². The minimum absolute atomic E-state index is 0.0465. The van der Waals surface area contributed by atoms with E-state index in [-0.39, 0.29) is 17.1 Å². The number of aromatic nitrogens is 2. The second-order valence-electron chi connectivity index (χ2n) is 7.03. The number of nitrogens with one attached hydrogen (secondary N) is 2. The van der Waals surface area contributed by atoms with E-state index >= 15 is 0 Å². The molecule has 1 aliphatic carbocycles. The van der Waals surface area contributed by atoms with E-state index in [4.69, 9.17) is 5.73 Å². The zero-order valence-electron chi connectivity index (χ0n) is 12.9. The number of hydrogen-bond acceptors (Lipinski definition) is 2. The molecule has 4 heteroatoms. The summed E-state index contributed by atoms with van der Waals surface area (Å²) in [4.78, 5) is 17.0. The van der Waals surface area contributed by atoms with Gasteiger partial charge in [0.1, 0.15) is 0 Å². The number of hydrogen-bond donors (Lipinski definition) is 3. The van der Waals surface area contributed by atoms with E-state index in [9.17, 15) is 4.79 Å². The lowest BCUT2D eigenvalue weighted by atomic mass is 9.71. The number of H-pyrrole nitrogens is 2. The zero-order valence-corrected chi connectivity index (χ0v) is 12.9. The number of benzene rings is 1. The maximum absolute atomic E-state index is 11.4. The quantitative estimate of drug-likeness (QED) is 0.805. The van der Waals surface area contributed by atoms with Crippen LogP contribution in [0.2, 0.25) is 0 Å². The fourth-order valence-corrected chi connectivity index (χ4v) is 4.13. The maximum Gasteiger partial charge on any atom is 0.323 e. The second kappa shape index (κ2) is 5.34. The van der Waals surface area contributed by atoms with Gasteiger partial charge in [-0.3, -0.25) is 0 Å². The predicted octanol–water partition coefficient (Wildman–Crippen LogP) is 3.46. The summed E-state index contributed by atoms with van der Waals surface area (Å²) in [7, 11) is 0. The van der Waals surface area contributed by atoms with Crippen molar-refractivity contribution in [1.29, 1.82) is 0 Å². The third-order valence-electron chi connectivity index (χ3n) is 4.97. The van der Waals surface area contributed by atoms with Crippen molar-refractivity contribution < 1.29 is 0 Å². The molecule has 0 aliphatic heterocycles. The van der Waals surface area contributed by atoms with Crippen LogP contribution in [0.4, 0.5) is 0 Å². The molecular weight excluding hydrogens is 262 g/mol. The fourth-order valence-electron chi connectivity index (χ4n) is 4.13. The Morgan fingerprint density at radius 1 is 1.19 bits per heavy atom. The first-order chi connectivity index (χ1) is 10.00. The number of imidazole rings is 1. The van der Waals surface area contributed by atoms with Crippen molar-refractivity contribution >= 4 is 11.0 Å². The highest BCUT2D eigenvalue weighted by atomic mass is 16.1. The molecule has 1 atom stereocenters. The molecule has 0 bridgehead atoms. The van der Waals surface area contributed by atoms with E-state index in [0.29, 0.717) is 5.92 Å². The average Bonchev–Trinajstić information content (AvgIpc) is 3.02. The van der Waals surface area contributed by atoms with Crippen LogP contribution in [-0.2, 0) is 0 Å². The van der Waals surface area contributed by atoms with Gasteiger partial charge in [0.15, 0.2) is 0 Å². The molecule has 4 nitrogen and oxygen atoms in total. The van der Waals surface area contributed by atoms with Crippen molar-refractivity contribution in [2.75, 3.05) is 0 Å². The Morgan fingerprint density at radius 3 is 2.52 bits per heavy atom. The highest BCUT2D eigenvalue weighted by Gasteiger charge is 2.40. The van der Waals surface area contributed by atoms with Crippen LogP contribution < -0.4 is 11.4 Å². The summed E-state index contributed by atoms with van der Waals surface area (Å²) in [6.45, 7) is 4.55. The van der Waals surface area contributed by atoms with E-state index in [1.54, 1.807) is 0 Å². The summed E-state index contributed by atoms with van der Waals surface area (Å²) in [6, 6.07) is 6.11. The zero-order chi connectivity index (χ0) is 15.0. The van der Waals surface area contributed by atoms with Gasteiger partial charge in [0.05, 0.1) is 11.0 Å². The minimum atomic E-state index is -0.159. The van der Waals surface area contributed by atoms with Gasteiger partial charge in [-0.05, 0) is 48.3 Å². The van der Waals surface area contributed by atoms with Crippen molar-refractivity contribution in [1.82, 2.24) is 9.97 Å². The van der Waals surface area contributed by atoms with E-state index < -0.39 is 0 Å². The molecule has 1 unspecified atom stereocenters. The summed E-state index contributed by atoms with van der Waals surface area (Å²) < 4.78 is 0. The van der Waals surface area contributed by atoms with Crippen molar-refractivity contribution in [3.05, 3.63) is 34.2 Å². The minimum Gasteiger partial charge on any atom is -0.323 e. The maximum atomic E-state index is 11.4. The van der Waals surface area contributed by atoms with Crippen LogP contribution in [0.25, 0.3) is 11.0 Å². The number of rotatable bonds is 4. The lowest BCUT2D eigenvalue weighted by molar-refractivity contribution is 0.183. The molecule has 1 fully saturated rings. The van der Waals surface area contributed by atoms with Crippen molar-refractivity contribution in [3.63, 3.8) is 0 Å². The van der Waals surface area contributed by atoms with Gasteiger partial charge >= 0.3 is 5.69 Å². The molecule has 114 valence electrons. The Morgan fingerprint density at radius 2 is 1.86 bits per heavy atom. The third kappa shape index (κ3) is 2.64. The molecule has 1 aliphatic rings. The Labute approximate surface area is 125 Å². The van der Waals surface area contributed by atoms with Crippen LogP contribution in [0.3, 0.4) is 0 Å². The summed E-state index contributed by atoms with van der Waals surface area (Å²) in [5.41, 5.74) is 9.58. The van der Waals surface area contributed by atoms with E-state index in [0.717, 1.165) is 16.6 Å². The topological polar surface area (TPSA) is 74.7 Å². The van der Waals surface area contributed by atoms with Gasteiger partial charge in [-0.25, -0.2) is 4.79 Å². The van der Waals surface area contributed by atoms with Gasteiger partial charge < -0.3 is 15.7 Å². The Bertz CT molecular complexity index is 677. The third-order valence-corrected chi connectivity index (χ3v) is 4.97. The summed E-state index contributed by atoms with van der Waals surface area (Å²) in [5, 5.41) is 0. The standard InChI is InChI=1S/C17H25N3O/c1-11(2)10-17(7-3-4-8-17)15(18)12-5-6-13-14(9-12)20-16(21)19-13/h5-6,9,11,15H,3-4,7-8,10,18H2,1-2H3,(H2,19,20,21). The molecule has 1 aromatic heterocycles. The van der Waals surface area contributed by atoms with E-state index in [1.807, 2.05) is 12.1 Å². The summed E-state index contributed by atoms with van der Waals surface area (Å²) in [6.07, 6.45) is 6.17. The van der Waals surface area contributed by atoms with Crippen molar-refractivity contribution in [2.24, 2.45) is 17.1 Å². The molecule has 3 rings (SSSR count). The lowest BCUT2D eigenvalue weighted by Gasteiger charge is -2.37. The molecule has 1 aromatic carbocycles. The largest absolute Gasteiger partial charge is 0.323 e. The van der Waals surface area contributed by atoms with Gasteiger partial charge in [0.2, 0.25) is 0 Å². The van der Waals surface area contributed by atoms with E-state index in [1.165, 1.54) is 32.1 Å². The Hall–Kier alpha value is -1.55. The monoisotopic (exact) mass is 287 g/mol. The molecule has 1 heterocycles. The van der Waals surface area contributed by atoms with Crippen LogP contribution in [0.15, 0.2) is 23.0 Å². The van der Waals surface area contributed by atoms with Gasteiger partial charge in [0.25, 0.3) is 0 Å². The second-order valence-corrected chi connectivity index (χ2v) is 7.03. The highest BCUT2D eigenvalue weighted by molar-refractivity contribution is 5.75. The Balaban J connectivity index is 1.97. The normalized spacial score (nSPS) is 19.4. The molecule has 2 aromatic rings. The molecule has 21 heavy (non-hydrogen) atoms. The summed E-state index contributed by atoms with van der Waals surface area (Å²) >= 11 is 0. The number of aromatic amines is 2. The van der Waals surface area contributed by atoms with Crippen LogP contribution in [0.1, 0.15) is 57.6 Å². The molecule has 0 amide bonds. The van der Waals surface area contributed by atoms with Gasteiger partial charge in [-0.15, -0.1) is 0 Å². The van der Waals surface area contributed by atoms with Gasteiger partial charge in [-0.2, -0.15) is 0 Å². The molecular formula is C17H25N3O. The van der Waals surface area contributed by atoms with Crippen LogP contribution >= 0.6 is 0 Å². The predicted molar refractivity (Wildman–Crippen MR) is 86.2 cm³/mol. The molecule has 4 N–H and O–H groups in total. The smallest absolute Gasteiger partial charge is 0.323 e. The van der Waals surface area contributed by atoms with Crippen molar-refractivity contribution in [2.45, 2.75) is 52.0 Å². The molecule has 0 saturated heterocycles. The first-order valence-electron chi connectivity index (χ1n) is 7.98. The lowest BCUT2D eigenvalue weighted by Crippen LogP contribution is -2.33. The van der Waals surface area contributed by atoms with Crippen molar-refractivity contribution in [3.8, 4) is 0 Å². The van der Waals surface area contributed by atoms with Crippen LogP contribution in [0, 0.1) is 11.3 Å². The fraction of sp³-hybridized carbons (Fsp3) is 0.588.